The van der Waals surface area contributed by atoms with Gasteiger partial charge < -0.3 is 14.4 Å². The zero-order chi connectivity index (χ0) is 18.4. The van der Waals surface area contributed by atoms with Crippen LogP contribution in [-0.2, 0) is 4.79 Å². The van der Waals surface area contributed by atoms with Gasteiger partial charge in [-0.1, -0.05) is 0 Å². The number of carbonyl (C=O) groups is 1. The lowest BCUT2D eigenvalue weighted by Crippen LogP contribution is -2.46. The number of carbonyl (C=O) groups excluding carboxylic acids is 1. The van der Waals surface area contributed by atoms with Gasteiger partial charge in [-0.3, -0.25) is 4.79 Å². The van der Waals surface area contributed by atoms with E-state index in [1.807, 2.05) is 6.07 Å². The largest absolute Gasteiger partial charge is 0.484 e. The van der Waals surface area contributed by atoms with Crippen molar-refractivity contribution in [1.29, 1.82) is 5.26 Å². The molecule has 7 nitrogen and oxygen atoms in total. The molecule has 1 atom stereocenters. The number of rotatable bonds is 5. The molecule has 1 aliphatic rings. The first-order valence-electron chi connectivity index (χ1n) is 8.19. The van der Waals surface area contributed by atoms with Crippen LogP contribution in [0.3, 0.4) is 0 Å². The van der Waals surface area contributed by atoms with Crippen LogP contribution < -0.4 is 9.47 Å². The van der Waals surface area contributed by atoms with Crippen molar-refractivity contribution in [3.63, 3.8) is 0 Å². The van der Waals surface area contributed by atoms with E-state index in [4.69, 9.17) is 14.7 Å². The number of hydrogen-bond acceptors (Lipinski definition) is 6. The van der Waals surface area contributed by atoms with Gasteiger partial charge in [-0.05, 0) is 37.1 Å². The van der Waals surface area contributed by atoms with Gasteiger partial charge in [0.1, 0.15) is 23.7 Å². The molecular formula is C18H17FN4O3. The van der Waals surface area contributed by atoms with Gasteiger partial charge in [0, 0.05) is 18.9 Å². The first-order valence-corrected chi connectivity index (χ1v) is 8.19. The number of hydrogen-bond donors (Lipinski definition) is 0. The maximum absolute atomic E-state index is 12.9. The van der Waals surface area contributed by atoms with E-state index in [1.54, 1.807) is 4.90 Å². The number of likely N-dealkylation sites (tertiary alicyclic amines) is 1. The van der Waals surface area contributed by atoms with Crippen molar-refractivity contribution in [3.05, 3.63) is 48.2 Å². The third-order valence-corrected chi connectivity index (χ3v) is 3.96. The van der Waals surface area contributed by atoms with E-state index in [9.17, 15) is 9.18 Å². The second-order valence-corrected chi connectivity index (χ2v) is 5.79. The van der Waals surface area contributed by atoms with Crippen molar-refractivity contribution in [1.82, 2.24) is 14.9 Å². The fourth-order valence-corrected chi connectivity index (χ4v) is 2.67. The molecule has 0 radical (unpaired) electrons. The Morgan fingerprint density at radius 2 is 2.08 bits per heavy atom. The fourth-order valence-electron chi connectivity index (χ4n) is 2.67. The van der Waals surface area contributed by atoms with E-state index >= 15 is 0 Å². The lowest BCUT2D eigenvalue weighted by molar-refractivity contribution is -0.136. The van der Waals surface area contributed by atoms with Crippen LogP contribution in [0.4, 0.5) is 4.39 Å². The van der Waals surface area contributed by atoms with Crippen molar-refractivity contribution in [2.45, 2.75) is 18.9 Å². The monoisotopic (exact) mass is 356 g/mol. The van der Waals surface area contributed by atoms with Gasteiger partial charge in [-0.15, -0.1) is 0 Å². The lowest BCUT2D eigenvalue weighted by Gasteiger charge is -2.32. The smallest absolute Gasteiger partial charge is 0.260 e. The molecule has 0 spiro atoms. The molecule has 0 unspecified atom stereocenters. The molecule has 1 saturated heterocycles. The predicted molar refractivity (Wildman–Crippen MR) is 88.9 cm³/mol. The van der Waals surface area contributed by atoms with E-state index in [1.165, 1.54) is 36.7 Å². The third-order valence-electron chi connectivity index (χ3n) is 3.96. The Morgan fingerprint density at radius 3 is 2.85 bits per heavy atom. The fraction of sp³-hybridized carbons (Fsp3) is 0.333. The number of amides is 1. The maximum Gasteiger partial charge on any atom is 0.260 e. The van der Waals surface area contributed by atoms with Crippen LogP contribution >= 0.6 is 0 Å². The molecule has 2 aromatic rings. The normalized spacial score (nSPS) is 16.6. The highest BCUT2D eigenvalue weighted by atomic mass is 19.1. The Hall–Kier alpha value is -3.21. The molecule has 26 heavy (non-hydrogen) atoms. The SMILES string of the molecule is N#Cc1nccnc1O[C@@H]1CCCN(C(=O)COc2ccc(F)cc2)C1. The van der Waals surface area contributed by atoms with Crippen LogP contribution in [0.5, 0.6) is 11.6 Å². The van der Waals surface area contributed by atoms with Gasteiger partial charge in [0.25, 0.3) is 11.8 Å². The van der Waals surface area contributed by atoms with Crippen LogP contribution in [0.2, 0.25) is 0 Å². The summed E-state index contributed by atoms with van der Waals surface area (Å²) in [6, 6.07) is 7.44. The minimum Gasteiger partial charge on any atom is -0.484 e. The van der Waals surface area contributed by atoms with E-state index in [-0.39, 0.29) is 36.0 Å². The van der Waals surface area contributed by atoms with E-state index in [0.29, 0.717) is 18.8 Å². The number of piperidine rings is 1. The summed E-state index contributed by atoms with van der Waals surface area (Å²) in [4.78, 5) is 21.9. The summed E-state index contributed by atoms with van der Waals surface area (Å²) in [7, 11) is 0. The van der Waals surface area contributed by atoms with Crippen LogP contribution in [0.15, 0.2) is 36.7 Å². The molecule has 8 heteroatoms. The molecule has 0 N–H and O–H groups in total. The number of halogens is 1. The van der Waals surface area contributed by atoms with Crippen LogP contribution in [0.1, 0.15) is 18.5 Å². The number of nitriles is 1. The van der Waals surface area contributed by atoms with E-state index < -0.39 is 0 Å². The summed E-state index contributed by atoms with van der Waals surface area (Å²) in [5.41, 5.74) is 0.121. The van der Waals surface area contributed by atoms with Crippen molar-refractivity contribution < 1.29 is 18.7 Å². The highest BCUT2D eigenvalue weighted by Crippen LogP contribution is 2.19. The molecule has 0 saturated carbocycles. The molecule has 1 amide bonds. The lowest BCUT2D eigenvalue weighted by atomic mass is 10.1. The zero-order valence-corrected chi connectivity index (χ0v) is 14.0. The molecule has 3 rings (SSSR count). The van der Waals surface area contributed by atoms with Gasteiger partial charge in [-0.2, -0.15) is 5.26 Å². The van der Waals surface area contributed by atoms with E-state index in [0.717, 1.165) is 12.8 Å². The summed E-state index contributed by atoms with van der Waals surface area (Å²) in [5, 5.41) is 9.05. The second-order valence-electron chi connectivity index (χ2n) is 5.79. The average Bonchev–Trinajstić information content (AvgIpc) is 2.68. The predicted octanol–water partition coefficient (Wildman–Crippen LogP) is 1.94. The second kappa shape index (κ2) is 8.25. The van der Waals surface area contributed by atoms with Gasteiger partial charge in [-0.25, -0.2) is 14.4 Å². The van der Waals surface area contributed by atoms with Gasteiger partial charge in [0.15, 0.2) is 6.61 Å². The van der Waals surface area contributed by atoms with Crippen LogP contribution in [-0.4, -0.2) is 46.6 Å². The summed E-state index contributed by atoms with van der Waals surface area (Å²) in [6.07, 6.45) is 4.15. The molecule has 1 aliphatic heterocycles. The van der Waals surface area contributed by atoms with Crippen molar-refractivity contribution in [3.8, 4) is 17.7 Å². The molecule has 1 aromatic heterocycles. The molecule has 0 bridgehead atoms. The summed E-state index contributed by atoms with van der Waals surface area (Å²) in [6.45, 7) is 0.858. The number of aromatic nitrogens is 2. The molecule has 2 heterocycles. The molecule has 0 aliphatic carbocycles. The van der Waals surface area contributed by atoms with Crippen molar-refractivity contribution >= 4 is 5.91 Å². The highest BCUT2D eigenvalue weighted by molar-refractivity contribution is 5.77. The highest BCUT2D eigenvalue weighted by Gasteiger charge is 2.26. The quantitative estimate of drug-likeness (QED) is 0.813. The Morgan fingerprint density at radius 1 is 1.31 bits per heavy atom. The number of benzene rings is 1. The summed E-state index contributed by atoms with van der Waals surface area (Å²) >= 11 is 0. The van der Waals surface area contributed by atoms with Gasteiger partial charge in [0.2, 0.25) is 5.69 Å². The Kier molecular flexibility index (Phi) is 5.59. The van der Waals surface area contributed by atoms with Gasteiger partial charge >= 0.3 is 0 Å². The Bertz CT molecular complexity index is 807. The minimum absolute atomic E-state index is 0.121. The molecule has 1 aromatic carbocycles. The zero-order valence-electron chi connectivity index (χ0n) is 14.0. The van der Waals surface area contributed by atoms with Crippen molar-refractivity contribution in [2.24, 2.45) is 0 Å². The Balaban J connectivity index is 1.55. The first kappa shape index (κ1) is 17.6. The standard InChI is InChI=1S/C18H17FN4O3/c19-13-3-5-14(6-4-13)25-12-17(24)23-9-1-2-15(11-23)26-18-16(10-20)21-7-8-22-18/h3-8,15H,1-2,9,11-12H2/t15-/m1/s1. The van der Waals surface area contributed by atoms with Crippen LogP contribution in [0.25, 0.3) is 0 Å². The summed E-state index contributed by atoms with van der Waals surface area (Å²) < 4.78 is 24.0. The molecular weight excluding hydrogens is 339 g/mol. The number of nitrogens with zero attached hydrogens (tertiary/aromatic N) is 4. The average molecular weight is 356 g/mol. The van der Waals surface area contributed by atoms with Gasteiger partial charge in [0.05, 0.1) is 6.54 Å². The van der Waals surface area contributed by atoms with Crippen molar-refractivity contribution in [2.75, 3.05) is 19.7 Å². The third kappa shape index (κ3) is 4.45. The van der Waals surface area contributed by atoms with Crippen LogP contribution in [0, 0.1) is 17.1 Å². The summed E-state index contributed by atoms with van der Waals surface area (Å²) in [5.74, 6) is 0.0716. The molecule has 134 valence electrons. The first-order chi connectivity index (χ1) is 12.7. The maximum atomic E-state index is 12.9. The molecule has 1 fully saturated rings. The Labute approximate surface area is 150 Å². The minimum atomic E-state index is -0.361. The topological polar surface area (TPSA) is 88.3 Å². The van der Waals surface area contributed by atoms with E-state index in [2.05, 4.69) is 9.97 Å². The number of ether oxygens (including phenoxy) is 2.